The van der Waals surface area contributed by atoms with E-state index in [1.165, 1.54) is 0 Å². The summed E-state index contributed by atoms with van der Waals surface area (Å²) in [7, 11) is 0. The van der Waals surface area contributed by atoms with Gasteiger partial charge in [-0.05, 0) is 76.3 Å². The molecule has 2 aliphatic heterocycles. The minimum absolute atomic E-state index is 0.0123. The number of nitrogens with one attached hydrogen (secondary N) is 4. The number of amides is 4. The van der Waals surface area contributed by atoms with Crippen molar-refractivity contribution in [2.24, 2.45) is 17.3 Å². The first-order valence-electron chi connectivity index (χ1n) is 21.4. The molecule has 0 spiro atoms. The number of nitrogens with zero attached hydrogens (tertiary/aromatic N) is 1. The zero-order chi connectivity index (χ0) is 44.1. The standard InChI is InChI=1S/C46H67N5O9/c1-31(2)25-36(40(53)46(8)29-60-46)48-43(56)38(27-34-17-13-10-14-18-34)50-42(55)37(26-32(3)4)49-41(54)35(20-19-33-15-11-9-12-16-33)47-39(52)28-51(21-23-58-24-22-51)30-59-44(57)45(5,6)7/h9-18,31-32,35-38H,19-30H2,1-8H3,(H3-,47,48,49,50,52,54,55,56)/p+1/t35-,36-,37-,38-,46+/m0/s1. The number of morpholine rings is 1. The van der Waals surface area contributed by atoms with Gasteiger partial charge in [-0.1, -0.05) is 88.4 Å². The quantitative estimate of drug-likeness (QED) is 0.0783. The van der Waals surface area contributed by atoms with Crippen molar-refractivity contribution >= 4 is 35.4 Å². The van der Waals surface area contributed by atoms with Gasteiger partial charge >= 0.3 is 5.97 Å². The Morgan fingerprint density at radius 3 is 1.77 bits per heavy atom. The Morgan fingerprint density at radius 1 is 0.717 bits per heavy atom. The molecule has 0 bridgehead atoms. The van der Waals surface area contributed by atoms with Gasteiger partial charge in [-0.3, -0.25) is 33.3 Å². The minimum Gasteiger partial charge on any atom is -0.415 e. The van der Waals surface area contributed by atoms with E-state index in [0.29, 0.717) is 39.1 Å². The number of Topliss-reactive ketones (excluding diaryl/α,β-unsaturated/α-hetero) is 1. The SMILES string of the molecule is CC(C)C[C@H](NC(=O)[C@H](CCc1ccccc1)NC(=O)C[N+]1(COC(=O)C(C)(C)C)CCOCC1)C(=O)N[C@@H](Cc1ccccc1)C(=O)N[C@@H](CC(C)C)C(=O)[C@@]1(C)CO1. The Balaban J connectivity index is 1.55. The van der Waals surface area contributed by atoms with Gasteiger partial charge in [-0.2, -0.15) is 0 Å². The number of aryl methyl sites for hydroxylation is 1. The molecule has 60 heavy (non-hydrogen) atoms. The fourth-order valence-corrected chi connectivity index (χ4v) is 7.15. The van der Waals surface area contributed by atoms with Gasteiger partial charge in [0.25, 0.3) is 5.91 Å². The molecular weight excluding hydrogens is 767 g/mol. The highest BCUT2D eigenvalue weighted by molar-refractivity contribution is 5.98. The molecule has 4 rings (SSSR count). The van der Waals surface area contributed by atoms with E-state index in [1.807, 2.05) is 88.4 Å². The van der Waals surface area contributed by atoms with Crippen LogP contribution in [-0.4, -0.2) is 116 Å². The zero-order valence-corrected chi connectivity index (χ0v) is 36.8. The predicted molar refractivity (Wildman–Crippen MR) is 227 cm³/mol. The number of hydrogen-bond donors (Lipinski definition) is 4. The summed E-state index contributed by atoms with van der Waals surface area (Å²) in [5.74, 6) is -2.57. The third-order valence-electron chi connectivity index (χ3n) is 10.9. The minimum atomic E-state index is -1.07. The summed E-state index contributed by atoms with van der Waals surface area (Å²) in [5.41, 5.74) is 0.0955. The van der Waals surface area contributed by atoms with Crippen molar-refractivity contribution in [2.75, 3.05) is 46.2 Å². The molecule has 0 aromatic heterocycles. The normalized spacial score (nSPS) is 19.3. The lowest BCUT2D eigenvalue weighted by molar-refractivity contribution is -0.943. The Labute approximate surface area is 355 Å². The van der Waals surface area contributed by atoms with Crippen LogP contribution in [0.15, 0.2) is 60.7 Å². The van der Waals surface area contributed by atoms with Crippen LogP contribution < -0.4 is 21.3 Å². The van der Waals surface area contributed by atoms with E-state index in [0.717, 1.165) is 11.1 Å². The van der Waals surface area contributed by atoms with Crippen LogP contribution in [0.3, 0.4) is 0 Å². The Hall–Kier alpha value is -4.66. The molecule has 330 valence electrons. The lowest BCUT2D eigenvalue weighted by Gasteiger charge is -2.40. The smallest absolute Gasteiger partial charge is 0.315 e. The van der Waals surface area contributed by atoms with Gasteiger partial charge in [0.05, 0.1) is 31.3 Å². The zero-order valence-electron chi connectivity index (χ0n) is 36.8. The van der Waals surface area contributed by atoms with Crippen LogP contribution in [0.2, 0.25) is 0 Å². The van der Waals surface area contributed by atoms with Crippen molar-refractivity contribution in [3.8, 4) is 0 Å². The van der Waals surface area contributed by atoms with Crippen molar-refractivity contribution in [3.05, 3.63) is 71.8 Å². The van der Waals surface area contributed by atoms with Gasteiger partial charge in [-0.25, -0.2) is 0 Å². The average molecular weight is 835 g/mol. The first-order chi connectivity index (χ1) is 28.3. The number of rotatable bonds is 22. The van der Waals surface area contributed by atoms with Crippen LogP contribution in [0, 0.1) is 17.3 Å². The van der Waals surface area contributed by atoms with Crippen molar-refractivity contribution in [1.82, 2.24) is 21.3 Å². The number of quaternary nitrogens is 1. The van der Waals surface area contributed by atoms with Crippen LogP contribution in [0.5, 0.6) is 0 Å². The molecule has 14 nitrogen and oxygen atoms in total. The number of carbonyl (C=O) groups is 6. The number of ketones is 1. The maximum absolute atomic E-state index is 14.3. The maximum atomic E-state index is 14.3. The molecule has 0 saturated carbocycles. The van der Waals surface area contributed by atoms with Crippen LogP contribution in [-0.2, 0) is 55.8 Å². The highest BCUT2D eigenvalue weighted by Gasteiger charge is 2.50. The van der Waals surface area contributed by atoms with Crippen LogP contribution in [0.4, 0.5) is 0 Å². The number of esters is 1. The number of benzene rings is 2. The van der Waals surface area contributed by atoms with Crippen molar-refractivity contribution in [3.63, 3.8) is 0 Å². The van der Waals surface area contributed by atoms with Crippen molar-refractivity contribution < 1.29 is 47.5 Å². The third-order valence-corrected chi connectivity index (χ3v) is 10.9. The van der Waals surface area contributed by atoms with E-state index in [4.69, 9.17) is 14.2 Å². The molecule has 2 aromatic carbocycles. The van der Waals surface area contributed by atoms with Crippen molar-refractivity contribution in [1.29, 1.82) is 0 Å². The largest absolute Gasteiger partial charge is 0.415 e. The summed E-state index contributed by atoms with van der Waals surface area (Å²) in [6.07, 6.45) is 1.50. The maximum Gasteiger partial charge on any atom is 0.315 e. The van der Waals surface area contributed by atoms with Gasteiger partial charge in [0.1, 0.15) is 36.8 Å². The fraction of sp³-hybridized carbons (Fsp3) is 0.609. The van der Waals surface area contributed by atoms with Gasteiger partial charge in [0.15, 0.2) is 12.3 Å². The molecule has 2 fully saturated rings. The number of ether oxygens (including phenoxy) is 3. The molecule has 2 aromatic rings. The molecule has 5 atom stereocenters. The number of epoxide rings is 1. The molecule has 2 heterocycles. The Kier molecular flexibility index (Phi) is 17.4. The molecule has 4 N–H and O–H groups in total. The number of hydrogen-bond acceptors (Lipinski definition) is 9. The molecule has 0 unspecified atom stereocenters. The average Bonchev–Trinajstić information content (AvgIpc) is 3.95. The molecule has 2 aliphatic rings. The van der Waals surface area contributed by atoms with Gasteiger partial charge in [0, 0.05) is 6.42 Å². The summed E-state index contributed by atoms with van der Waals surface area (Å²) in [6.45, 7) is 16.7. The van der Waals surface area contributed by atoms with Crippen LogP contribution in [0.25, 0.3) is 0 Å². The summed E-state index contributed by atoms with van der Waals surface area (Å²) >= 11 is 0. The summed E-state index contributed by atoms with van der Waals surface area (Å²) in [6, 6.07) is 14.9. The van der Waals surface area contributed by atoms with E-state index < -0.39 is 58.8 Å². The summed E-state index contributed by atoms with van der Waals surface area (Å²) < 4.78 is 16.9. The molecular formula is C46H68N5O9+. The third kappa shape index (κ3) is 15.1. The van der Waals surface area contributed by atoms with Crippen LogP contribution >= 0.6 is 0 Å². The fourth-order valence-electron chi connectivity index (χ4n) is 7.15. The second-order valence-corrected chi connectivity index (χ2v) is 18.5. The first kappa shape index (κ1) is 48.0. The second-order valence-electron chi connectivity index (χ2n) is 18.5. The Morgan fingerprint density at radius 2 is 1.22 bits per heavy atom. The van der Waals surface area contributed by atoms with Gasteiger partial charge < -0.3 is 35.5 Å². The van der Waals surface area contributed by atoms with Crippen LogP contribution in [0.1, 0.15) is 85.8 Å². The lowest BCUT2D eigenvalue weighted by atomic mass is 9.93. The monoisotopic (exact) mass is 835 g/mol. The molecule has 14 heteroatoms. The summed E-state index contributed by atoms with van der Waals surface area (Å²) in [5, 5.41) is 11.7. The second kappa shape index (κ2) is 21.7. The first-order valence-corrected chi connectivity index (χ1v) is 21.4. The molecule has 0 radical (unpaired) electrons. The van der Waals surface area contributed by atoms with Crippen molar-refractivity contribution in [2.45, 2.75) is 117 Å². The Bertz CT molecular complexity index is 1750. The van der Waals surface area contributed by atoms with E-state index in [-0.39, 0.29) is 67.2 Å². The highest BCUT2D eigenvalue weighted by atomic mass is 16.6. The molecule has 4 amide bonds. The van der Waals surface area contributed by atoms with E-state index >= 15 is 0 Å². The van der Waals surface area contributed by atoms with E-state index in [2.05, 4.69) is 21.3 Å². The van der Waals surface area contributed by atoms with Gasteiger partial charge in [-0.15, -0.1) is 0 Å². The molecule has 0 aliphatic carbocycles. The van der Waals surface area contributed by atoms with E-state index in [1.54, 1.807) is 27.7 Å². The lowest BCUT2D eigenvalue weighted by Crippen LogP contribution is -2.62. The molecule has 2 saturated heterocycles. The number of carbonyl (C=O) groups excluding carboxylic acids is 6. The van der Waals surface area contributed by atoms with Gasteiger partial charge in [0.2, 0.25) is 24.5 Å². The highest BCUT2D eigenvalue weighted by Crippen LogP contribution is 2.30. The topological polar surface area (TPSA) is 182 Å². The predicted octanol–water partition coefficient (Wildman–Crippen LogP) is 3.65. The summed E-state index contributed by atoms with van der Waals surface area (Å²) in [4.78, 5) is 82.7. The van der Waals surface area contributed by atoms with E-state index in [9.17, 15) is 28.8 Å².